The number of hydrogen-bond acceptors (Lipinski definition) is 4. The maximum atomic E-state index is 12.0. The number of nitrogens with one attached hydrogen (secondary N) is 2. The van der Waals surface area contributed by atoms with Crippen LogP contribution < -0.4 is 15.4 Å². The van der Waals surface area contributed by atoms with Gasteiger partial charge in [0.15, 0.2) is 5.96 Å². The van der Waals surface area contributed by atoms with Gasteiger partial charge in [0.2, 0.25) is 5.91 Å². The number of fused-ring (bicyclic) bond motifs is 1. The largest absolute Gasteiger partial charge is 0.497 e. The third-order valence-corrected chi connectivity index (χ3v) is 4.96. The van der Waals surface area contributed by atoms with Gasteiger partial charge in [0.05, 0.1) is 13.2 Å². The molecule has 7 heteroatoms. The first-order valence-electron chi connectivity index (χ1n) is 10.3. The molecule has 0 bridgehead atoms. The second-order valence-corrected chi connectivity index (χ2v) is 7.53. The highest BCUT2D eigenvalue weighted by molar-refractivity contribution is 5.85. The van der Waals surface area contributed by atoms with Crippen LogP contribution in [0.5, 0.6) is 5.75 Å². The molecule has 2 aromatic carbocycles. The summed E-state index contributed by atoms with van der Waals surface area (Å²) in [4.78, 5) is 18.0. The van der Waals surface area contributed by atoms with Crippen molar-refractivity contribution >= 4 is 22.8 Å². The zero-order valence-electron chi connectivity index (χ0n) is 18.5. The van der Waals surface area contributed by atoms with Gasteiger partial charge in [-0.1, -0.05) is 30.3 Å². The number of rotatable bonds is 8. The summed E-state index contributed by atoms with van der Waals surface area (Å²) in [5, 5.41) is 7.72. The van der Waals surface area contributed by atoms with Crippen molar-refractivity contribution in [3.05, 3.63) is 65.9 Å². The lowest BCUT2D eigenvalue weighted by Gasteiger charge is -2.17. The van der Waals surface area contributed by atoms with Crippen molar-refractivity contribution in [2.24, 2.45) is 4.99 Å². The Morgan fingerprint density at radius 1 is 1.16 bits per heavy atom. The van der Waals surface area contributed by atoms with Crippen LogP contribution >= 0.6 is 0 Å². The number of nitrogens with zero attached hydrogens (tertiary/aromatic N) is 2. The molecule has 3 rings (SSSR count). The number of aliphatic imine (C=N–C) groups is 1. The number of benzene rings is 2. The van der Waals surface area contributed by atoms with Gasteiger partial charge in [-0.2, -0.15) is 0 Å². The lowest BCUT2D eigenvalue weighted by molar-refractivity contribution is -0.127. The number of para-hydroxylation sites is 1. The third-order valence-electron chi connectivity index (χ3n) is 4.96. The molecule has 0 spiro atoms. The maximum absolute atomic E-state index is 12.0. The summed E-state index contributed by atoms with van der Waals surface area (Å²) >= 11 is 0. The van der Waals surface area contributed by atoms with Gasteiger partial charge in [-0.25, -0.2) is 4.99 Å². The minimum Gasteiger partial charge on any atom is -0.497 e. The van der Waals surface area contributed by atoms with E-state index in [1.165, 1.54) is 10.5 Å². The number of ether oxygens (including phenoxy) is 1. The molecule has 0 aliphatic carbocycles. The molecule has 1 amide bonds. The van der Waals surface area contributed by atoms with Crippen LogP contribution in [0, 0.1) is 0 Å². The van der Waals surface area contributed by atoms with Crippen molar-refractivity contribution in [3.63, 3.8) is 0 Å². The Kier molecular flexibility index (Phi) is 7.54. The molecule has 1 aromatic heterocycles. The molecule has 7 nitrogen and oxygen atoms in total. The second-order valence-electron chi connectivity index (χ2n) is 7.53. The molecule has 0 aliphatic rings. The van der Waals surface area contributed by atoms with Gasteiger partial charge in [0, 0.05) is 26.0 Å². The topological polar surface area (TPSA) is 79.1 Å². The van der Waals surface area contributed by atoms with E-state index in [9.17, 15) is 4.79 Å². The quantitative estimate of drug-likeness (QED) is 0.430. The van der Waals surface area contributed by atoms with Gasteiger partial charge >= 0.3 is 0 Å². The Morgan fingerprint density at radius 3 is 2.58 bits per heavy atom. The summed E-state index contributed by atoms with van der Waals surface area (Å²) in [5.74, 6) is 2.15. The fourth-order valence-corrected chi connectivity index (χ4v) is 3.05. The monoisotopic (exact) mass is 422 g/mol. The number of furan rings is 1. The molecule has 2 N–H and O–H groups in total. The van der Waals surface area contributed by atoms with E-state index < -0.39 is 0 Å². The van der Waals surface area contributed by atoms with E-state index in [0.717, 1.165) is 28.9 Å². The lowest BCUT2D eigenvalue weighted by atomic mass is 10.1. The average Bonchev–Trinajstić information content (AvgIpc) is 3.22. The van der Waals surface area contributed by atoms with Crippen LogP contribution in [0.1, 0.15) is 24.3 Å². The Hall–Kier alpha value is -3.48. The Labute approximate surface area is 183 Å². The molecular formula is C24H30N4O3. The third kappa shape index (κ3) is 6.25. The highest BCUT2D eigenvalue weighted by Gasteiger charge is 2.14. The number of methoxy groups -OCH3 is 1. The van der Waals surface area contributed by atoms with Gasteiger partial charge in [0.25, 0.3) is 0 Å². The molecule has 31 heavy (non-hydrogen) atoms. The van der Waals surface area contributed by atoms with E-state index in [2.05, 4.69) is 15.6 Å². The summed E-state index contributed by atoms with van der Waals surface area (Å²) in [5.41, 5.74) is 2.03. The van der Waals surface area contributed by atoms with Gasteiger partial charge in [-0.15, -0.1) is 0 Å². The predicted octanol–water partition coefficient (Wildman–Crippen LogP) is 3.37. The molecule has 1 heterocycles. The predicted molar refractivity (Wildman–Crippen MR) is 123 cm³/mol. The number of amides is 1. The standard InChI is InChI=1S/C24H30N4O3/c1-17(22-15-19-7-5-6-8-21(19)31-22)27-24(26-16-23(29)28(2)3)25-14-13-18-9-11-20(30-4)12-10-18/h5-12,15,17H,13-14,16H2,1-4H3,(H2,25,26,27). The van der Waals surface area contributed by atoms with E-state index in [1.807, 2.05) is 61.5 Å². The molecule has 0 aliphatic heterocycles. The normalized spacial score (nSPS) is 12.5. The van der Waals surface area contributed by atoms with Crippen LogP contribution in [0.25, 0.3) is 11.0 Å². The molecule has 1 atom stereocenters. The van der Waals surface area contributed by atoms with E-state index in [4.69, 9.17) is 9.15 Å². The molecule has 0 saturated carbocycles. The summed E-state index contributed by atoms with van der Waals surface area (Å²) in [6.07, 6.45) is 0.811. The minimum absolute atomic E-state index is 0.0624. The van der Waals surface area contributed by atoms with Crippen LogP contribution in [0.15, 0.2) is 64.0 Å². The smallest absolute Gasteiger partial charge is 0.243 e. The van der Waals surface area contributed by atoms with Crippen molar-refractivity contribution < 1.29 is 13.9 Å². The lowest BCUT2D eigenvalue weighted by Crippen LogP contribution is -2.40. The summed E-state index contributed by atoms with van der Waals surface area (Å²) < 4.78 is 11.2. The first kappa shape index (κ1) is 22.2. The van der Waals surface area contributed by atoms with Crippen molar-refractivity contribution in [1.82, 2.24) is 15.5 Å². The van der Waals surface area contributed by atoms with Gasteiger partial charge in [-0.3, -0.25) is 4.79 Å². The van der Waals surface area contributed by atoms with E-state index >= 15 is 0 Å². The number of hydrogen-bond donors (Lipinski definition) is 2. The number of likely N-dealkylation sites (N-methyl/N-ethyl adjacent to an activating group) is 1. The van der Waals surface area contributed by atoms with Crippen LogP contribution in [0.4, 0.5) is 0 Å². The second kappa shape index (κ2) is 10.5. The summed E-state index contributed by atoms with van der Waals surface area (Å²) in [7, 11) is 5.10. The minimum atomic E-state index is -0.117. The molecule has 0 fully saturated rings. The Balaban J connectivity index is 1.65. The average molecular weight is 423 g/mol. The van der Waals surface area contributed by atoms with Crippen molar-refractivity contribution in [2.45, 2.75) is 19.4 Å². The zero-order valence-corrected chi connectivity index (χ0v) is 18.5. The molecular weight excluding hydrogens is 392 g/mol. The highest BCUT2D eigenvalue weighted by atomic mass is 16.5. The fourth-order valence-electron chi connectivity index (χ4n) is 3.05. The van der Waals surface area contributed by atoms with Crippen LogP contribution in [0.3, 0.4) is 0 Å². The SMILES string of the molecule is COc1ccc(CCNC(=NCC(=O)N(C)C)NC(C)c2cc3ccccc3o2)cc1. The van der Waals surface area contributed by atoms with Crippen LogP contribution in [-0.2, 0) is 11.2 Å². The van der Waals surface area contributed by atoms with Crippen molar-refractivity contribution in [1.29, 1.82) is 0 Å². The summed E-state index contributed by atoms with van der Waals surface area (Å²) in [6, 6.07) is 17.8. The number of guanidine groups is 1. The van der Waals surface area contributed by atoms with E-state index in [1.54, 1.807) is 21.2 Å². The summed E-state index contributed by atoms with van der Waals surface area (Å²) in [6.45, 7) is 2.74. The first-order valence-corrected chi connectivity index (χ1v) is 10.3. The fraction of sp³-hybridized carbons (Fsp3) is 0.333. The molecule has 3 aromatic rings. The van der Waals surface area contributed by atoms with Gasteiger partial charge in [-0.05, 0) is 43.2 Å². The Bertz CT molecular complexity index is 992. The Morgan fingerprint density at radius 2 is 1.90 bits per heavy atom. The van der Waals surface area contributed by atoms with Gasteiger partial charge < -0.3 is 24.7 Å². The highest BCUT2D eigenvalue weighted by Crippen LogP contribution is 2.23. The molecule has 0 saturated heterocycles. The van der Waals surface area contributed by atoms with Crippen molar-refractivity contribution in [3.8, 4) is 5.75 Å². The molecule has 0 radical (unpaired) electrons. The van der Waals surface area contributed by atoms with Crippen LogP contribution in [0.2, 0.25) is 0 Å². The van der Waals surface area contributed by atoms with Crippen molar-refractivity contribution in [2.75, 3.05) is 34.3 Å². The van der Waals surface area contributed by atoms with E-state index in [0.29, 0.717) is 12.5 Å². The number of carbonyl (C=O) groups is 1. The maximum Gasteiger partial charge on any atom is 0.243 e. The van der Waals surface area contributed by atoms with E-state index in [-0.39, 0.29) is 18.5 Å². The number of carbonyl (C=O) groups excluding carboxylic acids is 1. The zero-order chi connectivity index (χ0) is 22.2. The molecule has 1 unspecified atom stereocenters. The molecule has 164 valence electrons. The van der Waals surface area contributed by atoms with Crippen LogP contribution in [-0.4, -0.2) is 51.1 Å². The first-order chi connectivity index (χ1) is 15.0. The van der Waals surface area contributed by atoms with Gasteiger partial charge in [0.1, 0.15) is 23.6 Å².